The van der Waals surface area contributed by atoms with Gasteiger partial charge in [-0.3, -0.25) is 4.98 Å². The Kier molecular flexibility index (Phi) is 3.77. The van der Waals surface area contributed by atoms with Crippen LogP contribution in [0.5, 0.6) is 5.75 Å². The van der Waals surface area contributed by atoms with Crippen LogP contribution in [-0.2, 0) is 9.53 Å². The summed E-state index contributed by atoms with van der Waals surface area (Å²) in [5, 5.41) is 1.03. The maximum atomic E-state index is 11.3. The van der Waals surface area contributed by atoms with E-state index in [4.69, 9.17) is 9.47 Å². The number of esters is 1. The number of pyridine rings is 1. The average molecular weight is 245 g/mol. The summed E-state index contributed by atoms with van der Waals surface area (Å²) in [4.78, 5) is 15.5. The molecule has 0 unspecified atom stereocenters. The van der Waals surface area contributed by atoms with E-state index in [0.717, 1.165) is 16.5 Å². The molecule has 4 nitrogen and oxygen atoms in total. The van der Waals surface area contributed by atoms with Crippen molar-refractivity contribution in [2.24, 2.45) is 0 Å². The highest BCUT2D eigenvalue weighted by Gasteiger charge is 2.08. The van der Waals surface area contributed by atoms with Crippen LogP contribution >= 0.6 is 0 Å². The lowest BCUT2D eigenvalue weighted by molar-refractivity contribution is -0.145. The van der Waals surface area contributed by atoms with E-state index in [1.807, 2.05) is 25.1 Å². The van der Waals surface area contributed by atoms with Gasteiger partial charge in [-0.2, -0.15) is 0 Å². The lowest BCUT2D eigenvalue weighted by atomic mass is 10.1. The van der Waals surface area contributed by atoms with Crippen molar-refractivity contribution in [2.45, 2.75) is 13.8 Å². The number of benzene rings is 1. The Morgan fingerprint density at radius 3 is 2.94 bits per heavy atom. The second-order valence-corrected chi connectivity index (χ2v) is 3.87. The van der Waals surface area contributed by atoms with Crippen molar-refractivity contribution >= 4 is 16.9 Å². The lowest BCUT2D eigenvalue weighted by Gasteiger charge is -2.09. The molecule has 2 rings (SSSR count). The van der Waals surface area contributed by atoms with Gasteiger partial charge >= 0.3 is 5.97 Å². The zero-order chi connectivity index (χ0) is 13.0. The van der Waals surface area contributed by atoms with Crippen molar-refractivity contribution < 1.29 is 14.3 Å². The summed E-state index contributed by atoms with van der Waals surface area (Å²) >= 11 is 0. The molecule has 0 aliphatic carbocycles. The fourth-order valence-corrected chi connectivity index (χ4v) is 1.74. The minimum absolute atomic E-state index is 0.0947. The number of hydrogen-bond donors (Lipinski definition) is 0. The summed E-state index contributed by atoms with van der Waals surface area (Å²) in [5.74, 6) is 0.228. The van der Waals surface area contributed by atoms with Crippen LogP contribution in [0.4, 0.5) is 0 Å². The highest BCUT2D eigenvalue weighted by Crippen LogP contribution is 2.25. The molecule has 94 valence electrons. The second kappa shape index (κ2) is 5.49. The first-order valence-corrected chi connectivity index (χ1v) is 5.85. The zero-order valence-electron chi connectivity index (χ0n) is 10.5. The van der Waals surface area contributed by atoms with Gasteiger partial charge in [0.2, 0.25) is 0 Å². The van der Waals surface area contributed by atoms with E-state index in [1.54, 1.807) is 19.2 Å². The molecule has 0 amide bonds. The fraction of sp³-hybridized carbons (Fsp3) is 0.286. The highest BCUT2D eigenvalue weighted by molar-refractivity contribution is 5.87. The molecule has 0 saturated heterocycles. The number of aromatic nitrogens is 1. The monoisotopic (exact) mass is 245 g/mol. The largest absolute Gasteiger partial charge is 0.480 e. The second-order valence-electron chi connectivity index (χ2n) is 3.87. The maximum Gasteiger partial charge on any atom is 0.344 e. The third-order valence-electron chi connectivity index (χ3n) is 2.60. The van der Waals surface area contributed by atoms with Gasteiger partial charge < -0.3 is 9.47 Å². The van der Waals surface area contributed by atoms with Crippen LogP contribution in [0, 0.1) is 6.92 Å². The number of carbonyl (C=O) groups is 1. The van der Waals surface area contributed by atoms with Crippen LogP contribution in [0.1, 0.15) is 12.5 Å². The van der Waals surface area contributed by atoms with Crippen LogP contribution in [0.25, 0.3) is 10.9 Å². The summed E-state index contributed by atoms with van der Waals surface area (Å²) < 4.78 is 10.3. The molecule has 0 radical (unpaired) electrons. The number of aryl methyl sites for hydroxylation is 1. The van der Waals surface area contributed by atoms with Crippen molar-refractivity contribution in [3.05, 3.63) is 36.0 Å². The highest BCUT2D eigenvalue weighted by atomic mass is 16.6. The standard InChI is InChI=1S/C14H15NO3/c1-3-17-13(16)9-18-12-6-4-5-11-10(2)7-8-15-14(11)12/h4-8H,3,9H2,1-2H3. The normalized spacial score (nSPS) is 10.3. The molecule has 1 aromatic heterocycles. The predicted octanol–water partition coefficient (Wildman–Crippen LogP) is 2.49. The first-order chi connectivity index (χ1) is 8.72. The van der Waals surface area contributed by atoms with E-state index in [-0.39, 0.29) is 12.6 Å². The predicted molar refractivity (Wildman–Crippen MR) is 68.6 cm³/mol. The Balaban J connectivity index is 2.23. The quantitative estimate of drug-likeness (QED) is 0.776. The molecule has 4 heteroatoms. The van der Waals surface area contributed by atoms with Gasteiger partial charge in [-0.05, 0) is 31.5 Å². The Labute approximate surface area is 106 Å². The van der Waals surface area contributed by atoms with Crippen LogP contribution in [0.2, 0.25) is 0 Å². The number of nitrogens with zero attached hydrogens (tertiary/aromatic N) is 1. The number of ether oxygens (including phenoxy) is 2. The molecule has 2 aromatic rings. The van der Waals surface area contributed by atoms with Gasteiger partial charge in [-0.25, -0.2) is 4.79 Å². The van der Waals surface area contributed by atoms with Gasteiger partial charge in [-0.1, -0.05) is 12.1 Å². The molecular weight excluding hydrogens is 230 g/mol. The number of para-hydroxylation sites is 1. The average Bonchev–Trinajstić information content (AvgIpc) is 2.37. The van der Waals surface area contributed by atoms with Crippen molar-refractivity contribution in [3.8, 4) is 5.75 Å². The molecule has 0 saturated carbocycles. The SMILES string of the molecule is CCOC(=O)COc1cccc2c(C)ccnc12. The van der Waals surface area contributed by atoms with Gasteiger partial charge in [0.1, 0.15) is 11.3 Å². The van der Waals surface area contributed by atoms with Gasteiger partial charge in [0.25, 0.3) is 0 Å². The van der Waals surface area contributed by atoms with Crippen molar-refractivity contribution in [1.82, 2.24) is 4.98 Å². The van der Waals surface area contributed by atoms with Gasteiger partial charge in [0.15, 0.2) is 6.61 Å². The molecule has 0 bridgehead atoms. The van der Waals surface area contributed by atoms with E-state index < -0.39 is 0 Å². The number of rotatable bonds is 4. The van der Waals surface area contributed by atoms with Crippen molar-refractivity contribution in [3.63, 3.8) is 0 Å². The van der Waals surface area contributed by atoms with E-state index in [9.17, 15) is 4.79 Å². The summed E-state index contributed by atoms with van der Waals surface area (Å²) in [6.45, 7) is 4.04. The number of hydrogen-bond acceptors (Lipinski definition) is 4. The summed E-state index contributed by atoms with van der Waals surface area (Å²) in [6, 6.07) is 7.61. The van der Waals surface area contributed by atoms with E-state index in [1.165, 1.54) is 0 Å². The van der Waals surface area contributed by atoms with E-state index in [2.05, 4.69) is 4.98 Å². The van der Waals surface area contributed by atoms with Crippen LogP contribution in [-0.4, -0.2) is 24.2 Å². The third-order valence-corrected chi connectivity index (χ3v) is 2.60. The number of carbonyl (C=O) groups excluding carboxylic acids is 1. The summed E-state index contributed by atoms with van der Waals surface area (Å²) in [7, 11) is 0. The van der Waals surface area contributed by atoms with Crippen molar-refractivity contribution in [1.29, 1.82) is 0 Å². The smallest absolute Gasteiger partial charge is 0.344 e. The molecule has 18 heavy (non-hydrogen) atoms. The van der Waals surface area contributed by atoms with Crippen molar-refractivity contribution in [2.75, 3.05) is 13.2 Å². The Hall–Kier alpha value is -2.10. The summed E-state index contributed by atoms with van der Waals surface area (Å²) in [6.07, 6.45) is 1.73. The molecular formula is C14H15NO3. The van der Waals surface area contributed by atoms with E-state index in [0.29, 0.717) is 12.4 Å². The van der Waals surface area contributed by atoms with Gasteiger partial charge in [0.05, 0.1) is 6.61 Å². The first-order valence-electron chi connectivity index (χ1n) is 5.85. The van der Waals surface area contributed by atoms with Gasteiger partial charge in [-0.15, -0.1) is 0 Å². The zero-order valence-corrected chi connectivity index (χ0v) is 10.5. The third kappa shape index (κ3) is 2.59. The van der Waals surface area contributed by atoms with E-state index >= 15 is 0 Å². The summed E-state index contributed by atoms with van der Waals surface area (Å²) in [5.41, 5.74) is 1.89. The van der Waals surface area contributed by atoms with Crippen LogP contribution in [0.15, 0.2) is 30.5 Å². The van der Waals surface area contributed by atoms with Crippen LogP contribution in [0.3, 0.4) is 0 Å². The number of fused-ring (bicyclic) bond motifs is 1. The molecule has 0 aliphatic rings. The first kappa shape index (κ1) is 12.4. The maximum absolute atomic E-state index is 11.3. The molecule has 1 heterocycles. The fourth-order valence-electron chi connectivity index (χ4n) is 1.74. The molecule has 0 aliphatic heterocycles. The molecule has 0 N–H and O–H groups in total. The van der Waals surface area contributed by atoms with Crippen LogP contribution < -0.4 is 4.74 Å². The Bertz CT molecular complexity index is 566. The molecule has 1 aromatic carbocycles. The van der Waals surface area contributed by atoms with Gasteiger partial charge in [0, 0.05) is 11.6 Å². The molecule has 0 atom stereocenters. The lowest BCUT2D eigenvalue weighted by Crippen LogP contribution is -2.14. The molecule has 0 fully saturated rings. The molecule has 0 spiro atoms. The Morgan fingerprint density at radius 1 is 1.33 bits per heavy atom. The topological polar surface area (TPSA) is 48.4 Å². The Morgan fingerprint density at radius 2 is 2.17 bits per heavy atom. The minimum atomic E-state index is -0.373. The minimum Gasteiger partial charge on any atom is -0.480 e.